The van der Waals surface area contributed by atoms with Crippen LogP contribution in [0, 0.1) is 0 Å². The summed E-state index contributed by atoms with van der Waals surface area (Å²) >= 11 is 0. The summed E-state index contributed by atoms with van der Waals surface area (Å²) in [5.74, 6) is -1.65. The van der Waals surface area contributed by atoms with Gasteiger partial charge in [0.2, 0.25) is 16.2 Å². The SMILES string of the molecule is NC(=O)CC(=O)C=S(=O)=O. The average molecular weight is 163 g/mol. The van der Waals surface area contributed by atoms with Gasteiger partial charge in [0.1, 0.15) is 5.37 Å². The fraction of sp³-hybridized carbons (Fsp3) is 0.250. The number of rotatable bonds is 3. The molecule has 0 aliphatic heterocycles. The van der Waals surface area contributed by atoms with Gasteiger partial charge in [-0.25, -0.2) is 0 Å². The van der Waals surface area contributed by atoms with Gasteiger partial charge >= 0.3 is 0 Å². The average Bonchev–Trinajstić information content (AvgIpc) is 1.58. The van der Waals surface area contributed by atoms with Crippen LogP contribution in [0.5, 0.6) is 0 Å². The van der Waals surface area contributed by atoms with Crippen LogP contribution in [0.15, 0.2) is 0 Å². The van der Waals surface area contributed by atoms with Crippen molar-refractivity contribution < 1.29 is 18.0 Å². The van der Waals surface area contributed by atoms with E-state index in [-0.39, 0.29) is 0 Å². The normalized spacial score (nSPS) is 8.40. The first-order valence-corrected chi connectivity index (χ1v) is 3.40. The highest BCUT2D eigenvalue weighted by Crippen LogP contribution is 1.74. The van der Waals surface area contributed by atoms with Crippen molar-refractivity contribution in [2.45, 2.75) is 6.42 Å². The molecule has 56 valence electrons. The number of ketones is 1. The van der Waals surface area contributed by atoms with E-state index in [0.29, 0.717) is 5.37 Å². The molecule has 0 aliphatic carbocycles. The lowest BCUT2D eigenvalue weighted by Crippen LogP contribution is -2.16. The minimum Gasteiger partial charge on any atom is -0.369 e. The van der Waals surface area contributed by atoms with Crippen LogP contribution >= 0.6 is 0 Å². The smallest absolute Gasteiger partial charge is 0.225 e. The second kappa shape index (κ2) is 3.78. The molecule has 0 rings (SSSR count). The van der Waals surface area contributed by atoms with Crippen LogP contribution in [-0.2, 0) is 19.9 Å². The number of amides is 1. The zero-order valence-electron chi connectivity index (χ0n) is 4.90. The van der Waals surface area contributed by atoms with E-state index < -0.39 is 28.4 Å². The van der Waals surface area contributed by atoms with Crippen LogP contribution in [0.25, 0.3) is 0 Å². The monoisotopic (exact) mass is 163 g/mol. The minimum absolute atomic E-state index is 0.408. The Balaban J connectivity index is 4.14. The van der Waals surface area contributed by atoms with Gasteiger partial charge in [0.15, 0.2) is 5.78 Å². The van der Waals surface area contributed by atoms with E-state index in [1.54, 1.807) is 0 Å². The Bertz CT molecular complexity index is 268. The lowest BCUT2D eigenvalue weighted by atomic mass is 10.3. The van der Waals surface area contributed by atoms with Crippen molar-refractivity contribution in [3.05, 3.63) is 0 Å². The van der Waals surface area contributed by atoms with Crippen LogP contribution < -0.4 is 5.73 Å². The summed E-state index contributed by atoms with van der Waals surface area (Å²) in [6, 6.07) is 0. The summed E-state index contributed by atoms with van der Waals surface area (Å²) in [5, 5.41) is 0.408. The summed E-state index contributed by atoms with van der Waals surface area (Å²) in [6.45, 7) is 0. The Hall–Kier alpha value is -1.17. The third-order valence-electron chi connectivity index (χ3n) is 0.576. The molecular weight excluding hydrogens is 158 g/mol. The largest absolute Gasteiger partial charge is 0.369 e. The summed E-state index contributed by atoms with van der Waals surface area (Å²) < 4.78 is 19.5. The predicted molar refractivity (Wildman–Crippen MR) is 33.8 cm³/mol. The van der Waals surface area contributed by atoms with Crippen molar-refractivity contribution in [2.75, 3.05) is 0 Å². The highest BCUT2D eigenvalue weighted by molar-refractivity contribution is 7.73. The molecule has 2 N–H and O–H groups in total. The van der Waals surface area contributed by atoms with Gasteiger partial charge in [-0.2, -0.15) is 8.42 Å². The molecule has 5 nitrogen and oxygen atoms in total. The number of nitrogens with two attached hydrogens (primary N) is 1. The van der Waals surface area contributed by atoms with Gasteiger partial charge in [-0.1, -0.05) is 0 Å². The number of Topliss-reactive ketones (excluding diaryl/α,β-unsaturated/α-hetero) is 1. The van der Waals surface area contributed by atoms with Crippen LogP contribution in [0.2, 0.25) is 0 Å². The second-order valence-corrected chi connectivity index (χ2v) is 2.24. The highest BCUT2D eigenvalue weighted by atomic mass is 32.2. The summed E-state index contributed by atoms with van der Waals surface area (Å²) in [6.07, 6.45) is -0.562. The Morgan fingerprint density at radius 2 is 1.90 bits per heavy atom. The number of hydrogen-bond acceptors (Lipinski definition) is 4. The van der Waals surface area contributed by atoms with Gasteiger partial charge in [-0.3, -0.25) is 9.59 Å². The van der Waals surface area contributed by atoms with Crippen molar-refractivity contribution in [1.82, 2.24) is 0 Å². The molecule has 0 unspecified atom stereocenters. The quantitative estimate of drug-likeness (QED) is 0.389. The fourth-order valence-corrected chi connectivity index (χ4v) is 0.619. The first-order valence-electron chi connectivity index (χ1n) is 2.26. The summed E-state index contributed by atoms with van der Waals surface area (Å²) in [7, 11) is -2.54. The standard InChI is InChI=1S/C4H5NO4S/c5-4(7)1-3(6)2-10(8)9/h2H,1H2,(H2,5,7). The van der Waals surface area contributed by atoms with E-state index in [4.69, 9.17) is 0 Å². The number of hydrogen-bond donors (Lipinski definition) is 1. The van der Waals surface area contributed by atoms with Crippen molar-refractivity contribution in [3.63, 3.8) is 0 Å². The van der Waals surface area contributed by atoms with Gasteiger partial charge < -0.3 is 5.73 Å². The van der Waals surface area contributed by atoms with E-state index in [9.17, 15) is 18.0 Å². The zero-order chi connectivity index (χ0) is 8.15. The zero-order valence-corrected chi connectivity index (χ0v) is 5.72. The van der Waals surface area contributed by atoms with Gasteiger partial charge in [-0.15, -0.1) is 0 Å². The number of carbonyl (C=O) groups excluding carboxylic acids is 2. The maximum Gasteiger partial charge on any atom is 0.225 e. The number of primary amides is 1. The summed E-state index contributed by atoms with van der Waals surface area (Å²) in [5.41, 5.74) is 4.59. The van der Waals surface area contributed by atoms with Crippen molar-refractivity contribution in [1.29, 1.82) is 0 Å². The molecule has 0 aliphatic rings. The van der Waals surface area contributed by atoms with Gasteiger partial charge in [0.05, 0.1) is 6.42 Å². The molecule has 0 aromatic carbocycles. The molecule has 0 saturated heterocycles. The van der Waals surface area contributed by atoms with Crippen molar-refractivity contribution in [3.8, 4) is 0 Å². The topological polar surface area (TPSA) is 94.3 Å². The van der Waals surface area contributed by atoms with Crippen LogP contribution in [0.1, 0.15) is 6.42 Å². The molecule has 0 saturated carbocycles. The first kappa shape index (κ1) is 8.83. The maximum absolute atomic E-state index is 10.3. The molecule has 0 fully saturated rings. The molecule has 0 bridgehead atoms. The molecule has 0 spiro atoms. The maximum atomic E-state index is 10.3. The minimum atomic E-state index is -2.54. The Morgan fingerprint density at radius 1 is 1.40 bits per heavy atom. The van der Waals surface area contributed by atoms with Gasteiger partial charge in [0, 0.05) is 0 Å². The van der Waals surface area contributed by atoms with Crippen LogP contribution in [0.3, 0.4) is 0 Å². The molecule has 1 amide bonds. The molecule has 0 aromatic heterocycles. The van der Waals surface area contributed by atoms with Crippen molar-refractivity contribution >= 4 is 27.4 Å². The molecule has 0 atom stereocenters. The molecule has 6 heteroatoms. The fourth-order valence-electron chi connectivity index (χ4n) is 0.321. The lowest BCUT2D eigenvalue weighted by molar-refractivity contribution is -0.123. The Labute approximate surface area is 58.4 Å². The molecular formula is C4H5NO4S. The van der Waals surface area contributed by atoms with E-state index in [0.717, 1.165) is 0 Å². The van der Waals surface area contributed by atoms with Gasteiger partial charge in [0.25, 0.3) is 0 Å². The molecule has 0 aromatic rings. The van der Waals surface area contributed by atoms with E-state index in [1.165, 1.54) is 0 Å². The molecule has 0 heterocycles. The Kier molecular flexibility index (Phi) is 3.34. The predicted octanol–water partition coefficient (Wildman–Crippen LogP) is -1.89. The van der Waals surface area contributed by atoms with Crippen LogP contribution in [0.4, 0.5) is 0 Å². The second-order valence-electron chi connectivity index (χ2n) is 1.49. The third-order valence-corrected chi connectivity index (χ3v) is 1.03. The van der Waals surface area contributed by atoms with E-state index in [1.807, 2.05) is 0 Å². The highest BCUT2D eigenvalue weighted by Gasteiger charge is 2.01. The van der Waals surface area contributed by atoms with Crippen molar-refractivity contribution in [2.24, 2.45) is 5.73 Å². The van der Waals surface area contributed by atoms with E-state index in [2.05, 4.69) is 5.73 Å². The van der Waals surface area contributed by atoms with Crippen LogP contribution in [-0.4, -0.2) is 25.5 Å². The first-order chi connectivity index (χ1) is 4.52. The number of carbonyl (C=O) groups is 2. The van der Waals surface area contributed by atoms with Gasteiger partial charge in [-0.05, 0) is 0 Å². The lowest BCUT2D eigenvalue weighted by Gasteiger charge is -1.82. The Morgan fingerprint density at radius 3 is 2.20 bits per heavy atom. The summed E-state index contributed by atoms with van der Waals surface area (Å²) in [4.78, 5) is 20.3. The van der Waals surface area contributed by atoms with E-state index >= 15 is 0 Å². The molecule has 10 heavy (non-hydrogen) atoms. The molecule has 0 radical (unpaired) electrons. The third kappa shape index (κ3) is 4.98.